The van der Waals surface area contributed by atoms with Crippen LogP contribution in [0.3, 0.4) is 0 Å². The fourth-order valence-corrected chi connectivity index (χ4v) is 1.58. The van der Waals surface area contributed by atoms with E-state index < -0.39 is 0 Å². The maximum absolute atomic E-state index is 5.32. The molecular weight excluding hydrogens is 176 g/mol. The first-order valence-corrected chi connectivity index (χ1v) is 4.81. The molecule has 1 aromatic rings. The van der Waals surface area contributed by atoms with E-state index in [1.807, 2.05) is 32.4 Å². The van der Waals surface area contributed by atoms with Gasteiger partial charge >= 0.3 is 0 Å². The van der Waals surface area contributed by atoms with Crippen molar-refractivity contribution >= 4 is 0 Å². The first kappa shape index (κ1) is 11.1. The molecule has 0 saturated carbocycles. The summed E-state index contributed by atoms with van der Waals surface area (Å²) in [5, 5.41) is 3.24. The highest BCUT2D eigenvalue weighted by Gasteiger charge is 2.18. The summed E-state index contributed by atoms with van der Waals surface area (Å²) in [4.78, 5) is 4.14. The summed E-state index contributed by atoms with van der Waals surface area (Å²) in [6, 6.07) is 2.22. The Morgan fingerprint density at radius 2 is 2.21 bits per heavy atom. The van der Waals surface area contributed by atoms with E-state index in [-0.39, 0.29) is 12.1 Å². The molecule has 0 amide bonds. The zero-order chi connectivity index (χ0) is 10.6. The van der Waals surface area contributed by atoms with Crippen molar-refractivity contribution in [2.45, 2.75) is 26.0 Å². The molecule has 1 N–H and O–H groups in total. The lowest BCUT2D eigenvalue weighted by molar-refractivity contribution is 0.0854. The van der Waals surface area contributed by atoms with E-state index in [0.29, 0.717) is 0 Å². The number of nitrogens with zero attached hydrogens (tertiary/aromatic N) is 1. The van der Waals surface area contributed by atoms with Crippen molar-refractivity contribution < 1.29 is 4.74 Å². The fourth-order valence-electron chi connectivity index (χ4n) is 1.58. The van der Waals surface area contributed by atoms with E-state index in [4.69, 9.17) is 4.74 Å². The summed E-state index contributed by atoms with van der Waals surface area (Å²) in [7, 11) is 3.66. The lowest BCUT2D eigenvalue weighted by Crippen LogP contribution is -2.29. The van der Waals surface area contributed by atoms with Crippen molar-refractivity contribution in [3.63, 3.8) is 0 Å². The van der Waals surface area contributed by atoms with E-state index in [1.165, 1.54) is 11.1 Å². The number of aromatic nitrogens is 1. The molecule has 0 aliphatic carbocycles. The third-order valence-electron chi connectivity index (χ3n) is 2.57. The van der Waals surface area contributed by atoms with Gasteiger partial charge in [-0.05, 0) is 38.1 Å². The molecule has 1 heterocycles. The molecule has 78 valence electrons. The Labute approximate surface area is 85.5 Å². The average molecular weight is 194 g/mol. The topological polar surface area (TPSA) is 34.2 Å². The number of rotatable bonds is 4. The lowest BCUT2D eigenvalue weighted by atomic mass is 10.0. The standard InChI is InChI=1S/C11H18N2O/c1-8-5-6-13-7-10(8)11(12-3)9(2)14-4/h5-7,9,11-12H,1-4H3. The van der Waals surface area contributed by atoms with Gasteiger partial charge in [-0.15, -0.1) is 0 Å². The second-order valence-electron chi connectivity index (χ2n) is 3.44. The van der Waals surface area contributed by atoms with Crippen LogP contribution in [-0.2, 0) is 4.74 Å². The lowest BCUT2D eigenvalue weighted by Gasteiger charge is -2.23. The van der Waals surface area contributed by atoms with Crippen molar-refractivity contribution in [3.8, 4) is 0 Å². The number of hydrogen-bond acceptors (Lipinski definition) is 3. The van der Waals surface area contributed by atoms with Crippen LogP contribution in [0.15, 0.2) is 18.5 Å². The van der Waals surface area contributed by atoms with Crippen LogP contribution < -0.4 is 5.32 Å². The number of nitrogens with one attached hydrogen (secondary N) is 1. The Morgan fingerprint density at radius 3 is 2.71 bits per heavy atom. The maximum atomic E-state index is 5.32. The molecule has 2 unspecified atom stereocenters. The molecule has 3 nitrogen and oxygen atoms in total. The smallest absolute Gasteiger partial charge is 0.0738 e. The third kappa shape index (κ3) is 2.30. The van der Waals surface area contributed by atoms with Gasteiger partial charge in [0, 0.05) is 19.5 Å². The Hall–Kier alpha value is -0.930. The molecule has 0 aliphatic heterocycles. The Bertz CT molecular complexity index is 288. The number of ether oxygens (including phenoxy) is 1. The number of hydrogen-bond donors (Lipinski definition) is 1. The van der Waals surface area contributed by atoms with Gasteiger partial charge in [0.2, 0.25) is 0 Å². The predicted octanol–water partition coefficient (Wildman–Crippen LogP) is 1.69. The van der Waals surface area contributed by atoms with Crippen LogP contribution in [0, 0.1) is 6.92 Å². The van der Waals surface area contributed by atoms with Crippen LogP contribution in [0.2, 0.25) is 0 Å². The van der Waals surface area contributed by atoms with Crippen LogP contribution in [-0.4, -0.2) is 25.2 Å². The fraction of sp³-hybridized carbons (Fsp3) is 0.545. The number of methoxy groups -OCH3 is 1. The molecule has 0 saturated heterocycles. The van der Waals surface area contributed by atoms with Gasteiger partial charge in [0.05, 0.1) is 12.1 Å². The van der Waals surface area contributed by atoms with Crippen LogP contribution >= 0.6 is 0 Å². The minimum absolute atomic E-state index is 0.142. The number of likely N-dealkylation sites (N-methyl/N-ethyl adjacent to an activating group) is 1. The summed E-state index contributed by atoms with van der Waals surface area (Å²) in [5.41, 5.74) is 2.44. The molecule has 0 spiro atoms. The third-order valence-corrected chi connectivity index (χ3v) is 2.57. The highest BCUT2D eigenvalue weighted by molar-refractivity contribution is 5.25. The molecule has 0 bridgehead atoms. The number of aryl methyl sites for hydroxylation is 1. The van der Waals surface area contributed by atoms with E-state index in [2.05, 4.69) is 17.2 Å². The van der Waals surface area contributed by atoms with Crippen molar-refractivity contribution in [1.29, 1.82) is 0 Å². The van der Waals surface area contributed by atoms with Crippen molar-refractivity contribution in [1.82, 2.24) is 10.3 Å². The predicted molar refractivity (Wildman–Crippen MR) is 57.2 cm³/mol. The minimum atomic E-state index is 0.142. The van der Waals surface area contributed by atoms with E-state index in [9.17, 15) is 0 Å². The van der Waals surface area contributed by atoms with E-state index >= 15 is 0 Å². The summed E-state index contributed by atoms with van der Waals surface area (Å²) in [6.45, 7) is 4.14. The highest BCUT2D eigenvalue weighted by Crippen LogP contribution is 2.20. The van der Waals surface area contributed by atoms with Crippen LogP contribution in [0.5, 0.6) is 0 Å². The van der Waals surface area contributed by atoms with Gasteiger partial charge in [0.1, 0.15) is 0 Å². The van der Waals surface area contributed by atoms with Gasteiger partial charge in [-0.1, -0.05) is 0 Å². The summed E-state index contributed by atoms with van der Waals surface area (Å²) in [6.07, 6.45) is 3.84. The van der Waals surface area contributed by atoms with Crippen LogP contribution in [0.1, 0.15) is 24.1 Å². The molecule has 1 aromatic heterocycles. The largest absolute Gasteiger partial charge is 0.380 e. The average Bonchev–Trinajstić information content (AvgIpc) is 2.21. The van der Waals surface area contributed by atoms with E-state index in [0.717, 1.165) is 0 Å². The van der Waals surface area contributed by atoms with Crippen LogP contribution in [0.25, 0.3) is 0 Å². The van der Waals surface area contributed by atoms with Gasteiger partial charge in [0.15, 0.2) is 0 Å². The second-order valence-corrected chi connectivity index (χ2v) is 3.44. The molecule has 2 atom stereocenters. The maximum Gasteiger partial charge on any atom is 0.0738 e. The van der Waals surface area contributed by atoms with Crippen molar-refractivity contribution in [3.05, 3.63) is 29.6 Å². The van der Waals surface area contributed by atoms with Gasteiger partial charge in [-0.3, -0.25) is 4.98 Å². The first-order chi connectivity index (χ1) is 6.70. The molecule has 0 fully saturated rings. The highest BCUT2D eigenvalue weighted by atomic mass is 16.5. The Balaban J connectivity index is 2.94. The van der Waals surface area contributed by atoms with Gasteiger partial charge in [-0.25, -0.2) is 0 Å². The molecule has 14 heavy (non-hydrogen) atoms. The van der Waals surface area contributed by atoms with Gasteiger partial charge in [-0.2, -0.15) is 0 Å². The second kappa shape index (κ2) is 5.08. The molecule has 1 rings (SSSR count). The molecule has 3 heteroatoms. The van der Waals surface area contributed by atoms with Crippen LogP contribution in [0.4, 0.5) is 0 Å². The molecule has 0 aliphatic rings. The zero-order valence-corrected chi connectivity index (χ0v) is 9.24. The van der Waals surface area contributed by atoms with E-state index in [1.54, 1.807) is 7.11 Å². The molecular formula is C11H18N2O. The molecule has 0 radical (unpaired) electrons. The van der Waals surface area contributed by atoms with Gasteiger partial charge < -0.3 is 10.1 Å². The summed E-state index contributed by atoms with van der Waals surface area (Å²) in [5.74, 6) is 0. The first-order valence-electron chi connectivity index (χ1n) is 4.81. The Morgan fingerprint density at radius 1 is 1.50 bits per heavy atom. The zero-order valence-electron chi connectivity index (χ0n) is 9.24. The van der Waals surface area contributed by atoms with Crippen molar-refractivity contribution in [2.24, 2.45) is 0 Å². The van der Waals surface area contributed by atoms with Crippen molar-refractivity contribution in [2.75, 3.05) is 14.2 Å². The monoisotopic (exact) mass is 194 g/mol. The normalized spacial score (nSPS) is 15.1. The van der Waals surface area contributed by atoms with Gasteiger partial charge in [0.25, 0.3) is 0 Å². The Kier molecular flexibility index (Phi) is 4.04. The molecule has 0 aromatic carbocycles. The summed E-state index contributed by atoms with van der Waals surface area (Å²) >= 11 is 0. The minimum Gasteiger partial charge on any atom is -0.380 e. The quantitative estimate of drug-likeness (QED) is 0.792. The number of pyridine rings is 1. The SMILES string of the molecule is CNC(c1cnccc1C)C(C)OC. The summed E-state index contributed by atoms with van der Waals surface area (Å²) < 4.78 is 5.32.